The topological polar surface area (TPSA) is 72.2 Å². The molecule has 0 saturated carbocycles. The largest absolute Gasteiger partial charge is 0.481 e. The molecule has 0 fully saturated rings. The summed E-state index contributed by atoms with van der Waals surface area (Å²) in [5.41, 5.74) is 0.566. The van der Waals surface area contributed by atoms with Gasteiger partial charge in [0.25, 0.3) is 5.56 Å². The van der Waals surface area contributed by atoms with E-state index in [1.807, 2.05) is 6.07 Å². The number of aromatic nitrogens is 2. The summed E-state index contributed by atoms with van der Waals surface area (Å²) in [6, 6.07) is 5.37. The van der Waals surface area contributed by atoms with E-state index in [4.69, 9.17) is 5.11 Å². The van der Waals surface area contributed by atoms with Gasteiger partial charge >= 0.3 is 5.97 Å². The smallest absolute Gasteiger partial charge is 0.303 e. The molecule has 0 saturated heterocycles. The van der Waals surface area contributed by atoms with Crippen molar-refractivity contribution in [3.8, 4) is 0 Å². The number of aryl methyl sites for hydroxylation is 1. The molecule has 1 heterocycles. The van der Waals surface area contributed by atoms with Crippen LogP contribution in [0.1, 0.15) is 19.3 Å². The number of benzene rings is 1. The highest BCUT2D eigenvalue weighted by atomic mass is 79.9. The summed E-state index contributed by atoms with van der Waals surface area (Å²) in [6.07, 6.45) is 2.84. The van der Waals surface area contributed by atoms with Crippen molar-refractivity contribution >= 4 is 32.8 Å². The van der Waals surface area contributed by atoms with Gasteiger partial charge in [0.1, 0.15) is 0 Å². The Morgan fingerprint density at radius 1 is 1.37 bits per heavy atom. The average Bonchev–Trinajstić information content (AvgIpc) is 2.37. The molecule has 2 aromatic rings. The molecule has 1 aromatic carbocycles. The highest BCUT2D eigenvalue weighted by Gasteiger charge is 2.05. The molecule has 0 unspecified atom stereocenters. The summed E-state index contributed by atoms with van der Waals surface area (Å²) in [7, 11) is 0. The first-order valence-corrected chi connectivity index (χ1v) is 6.74. The average molecular weight is 325 g/mol. The second-order valence-electron chi connectivity index (χ2n) is 4.26. The van der Waals surface area contributed by atoms with E-state index in [0.717, 1.165) is 4.47 Å². The fraction of sp³-hybridized carbons (Fsp3) is 0.308. The van der Waals surface area contributed by atoms with Crippen molar-refractivity contribution < 1.29 is 9.90 Å². The monoisotopic (exact) mass is 324 g/mol. The normalized spacial score (nSPS) is 10.8. The lowest BCUT2D eigenvalue weighted by atomic mass is 10.2. The SMILES string of the molecule is O=C(O)CCCCn1cnc2ccc(Br)cc2c1=O. The zero-order valence-electron chi connectivity index (χ0n) is 10.2. The van der Waals surface area contributed by atoms with E-state index in [1.165, 1.54) is 10.9 Å². The molecular weight excluding hydrogens is 312 g/mol. The number of carbonyl (C=O) groups is 1. The third kappa shape index (κ3) is 3.41. The first kappa shape index (κ1) is 13.7. The van der Waals surface area contributed by atoms with Crippen LogP contribution in [0.25, 0.3) is 10.9 Å². The number of nitrogens with zero attached hydrogens (tertiary/aromatic N) is 2. The van der Waals surface area contributed by atoms with Gasteiger partial charge in [-0.05, 0) is 31.0 Å². The van der Waals surface area contributed by atoms with Crippen LogP contribution in [0.15, 0.2) is 33.8 Å². The van der Waals surface area contributed by atoms with Crippen molar-refractivity contribution in [3.05, 3.63) is 39.4 Å². The molecule has 5 nitrogen and oxygen atoms in total. The minimum Gasteiger partial charge on any atom is -0.481 e. The Morgan fingerprint density at radius 2 is 2.16 bits per heavy atom. The molecule has 1 N–H and O–H groups in total. The van der Waals surface area contributed by atoms with Crippen LogP contribution in [0.5, 0.6) is 0 Å². The Kier molecular flexibility index (Phi) is 4.31. The number of hydrogen-bond acceptors (Lipinski definition) is 3. The number of fused-ring (bicyclic) bond motifs is 1. The maximum atomic E-state index is 12.2. The Hall–Kier alpha value is -1.69. The van der Waals surface area contributed by atoms with Gasteiger partial charge in [-0.2, -0.15) is 0 Å². The van der Waals surface area contributed by atoms with E-state index >= 15 is 0 Å². The lowest BCUT2D eigenvalue weighted by Gasteiger charge is -2.06. The van der Waals surface area contributed by atoms with E-state index in [2.05, 4.69) is 20.9 Å². The first-order chi connectivity index (χ1) is 9.08. The van der Waals surface area contributed by atoms with Gasteiger partial charge in [-0.3, -0.25) is 14.2 Å². The third-order valence-electron chi connectivity index (χ3n) is 2.83. The second-order valence-corrected chi connectivity index (χ2v) is 5.17. The van der Waals surface area contributed by atoms with Crippen molar-refractivity contribution in [3.63, 3.8) is 0 Å². The van der Waals surface area contributed by atoms with Gasteiger partial charge in [-0.25, -0.2) is 4.98 Å². The molecular formula is C13H13BrN2O3. The molecule has 0 atom stereocenters. The number of unbranched alkanes of at least 4 members (excludes halogenated alkanes) is 1. The van der Waals surface area contributed by atoms with Crippen LogP contribution >= 0.6 is 15.9 Å². The zero-order chi connectivity index (χ0) is 13.8. The summed E-state index contributed by atoms with van der Waals surface area (Å²) in [4.78, 5) is 26.8. The number of carboxylic acids is 1. The van der Waals surface area contributed by atoms with E-state index in [0.29, 0.717) is 30.3 Å². The van der Waals surface area contributed by atoms with Crippen LogP contribution in [0.2, 0.25) is 0 Å². The lowest BCUT2D eigenvalue weighted by molar-refractivity contribution is -0.137. The van der Waals surface area contributed by atoms with Gasteiger partial charge in [0.15, 0.2) is 0 Å². The maximum absolute atomic E-state index is 12.2. The van der Waals surface area contributed by atoms with Crippen LogP contribution in [0.4, 0.5) is 0 Å². The third-order valence-corrected chi connectivity index (χ3v) is 3.32. The minimum atomic E-state index is -0.812. The second kappa shape index (κ2) is 5.97. The van der Waals surface area contributed by atoms with Crippen molar-refractivity contribution in [1.29, 1.82) is 0 Å². The van der Waals surface area contributed by atoms with Gasteiger partial charge in [0.2, 0.25) is 0 Å². The Bertz CT molecular complexity index is 666. The molecule has 2 rings (SSSR count). The molecule has 0 aliphatic rings. The lowest BCUT2D eigenvalue weighted by Crippen LogP contribution is -2.20. The van der Waals surface area contributed by atoms with Crippen molar-refractivity contribution in [2.45, 2.75) is 25.8 Å². The predicted octanol–water partition coefficient (Wildman–Crippen LogP) is 2.41. The molecule has 0 aliphatic carbocycles. The molecule has 0 radical (unpaired) electrons. The maximum Gasteiger partial charge on any atom is 0.303 e. The standard InChI is InChI=1S/C13H13BrN2O3/c14-9-4-5-11-10(7-9)13(19)16(8-15-11)6-2-1-3-12(17)18/h4-5,7-8H,1-3,6H2,(H,17,18). The van der Waals surface area contributed by atoms with Crippen molar-refractivity contribution in [1.82, 2.24) is 9.55 Å². The first-order valence-electron chi connectivity index (χ1n) is 5.94. The number of halogens is 1. The van der Waals surface area contributed by atoms with Gasteiger partial charge in [-0.15, -0.1) is 0 Å². The van der Waals surface area contributed by atoms with Crippen LogP contribution < -0.4 is 5.56 Å². The van der Waals surface area contributed by atoms with E-state index in [-0.39, 0.29) is 12.0 Å². The highest BCUT2D eigenvalue weighted by Crippen LogP contribution is 2.14. The Balaban J connectivity index is 2.18. The van der Waals surface area contributed by atoms with Gasteiger partial charge in [0, 0.05) is 17.4 Å². The van der Waals surface area contributed by atoms with Crippen LogP contribution in [0.3, 0.4) is 0 Å². The Morgan fingerprint density at radius 3 is 2.89 bits per heavy atom. The fourth-order valence-corrected chi connectivity index (χ4v) is 2.21. The minimum absolute atomic E-state index is 0.0957. The summed E-state index contributed by atoms with van der Waals surface area (Å²) >= 11 is 3.33. The number of aliphatic carboxylic acids is 1. The molecule has 100 valence electrons. The van der Waals surface area contributed by atoms with Crippen LogP contribution in [-0.4, -0.2) is 20.6 Å². The quantitative estimate of drug-likeness (QED) is 0.857. The van der Waals surface area contributed by atoms with Gasteiger partial charge in [0.05, 0.1) is 17.2 Å². The molecule has 0 aliphatic heterocycles. The summed E-state index contributed by atoms with van der Waals surface area (Å²) in [5, 5.41) is 9.12. The molecule has 19 heavy (non-hydrogen) atoms. The zero-order valence-corrected chi connectivity index (χ0v) is 11.8. The summed E-state index contributed by atoms with van der Waals surface area (Å²) in [6.45, 7) is 0.488. The van der Waals surface area contributed by atoms with Crippen LogP contribution in [0, 0.1) is 0 Å². The molecule has 1 aromatic heterocycles. The summed E-state index contributed by atoms with van der Waals surface area (Å²) in [5.74, 6) is -0.812. The van der Waals surface area contributed by atoms with E-state index < -0.39 is 5.97 Å². The van der Waals surface area contributed by atoms with Crippen LogP contribution in [-0.2, 0) is 11.3 Å². The summed E-state index contributed by atoms with van der Waals surface area (Å²) < 4.78 is 2.36. The molecule has 0 spiro atoms. The number of rotatable bonds is 5. The molecule has 6 heteroatoms. The predicted molar refractivity (Wildman–Crippen MR) is 75.2 cm³/mol. The number of carboxylic acid groups (broad SMARTS) is 1. The highest BCUT2D eigenvalue weighted by molar-refractivity contribution is 9.10. The van der Waals surface area contributed by atoms with E-state index in [9.17, 15) is 9.59 Å². The van der Waals surface area contributed by atoms with Crippen molar-refractivity contribution in [2.75, 3.05) is 0 Å². The van der Waals surface area contributed by atoms with Gasteiger partial charge in [-0.1, -0.05) is 15.9 Å². The number of hydrogen-bond donors (Lipinski definition) is 1. The molecule has 0 bridgehead atoms. The van der Waals surface area contributed by atoms with E-state index in [1.54, 1.807) is 12.1 Å². The molecule has 0 amide bonds. The fourth-order valence-electron chi connectivity index (χ4n) is 1.85. The van der Waals surface area contributed by atoms with Gasteiger partial charge < -0.3 is 5.11 Å². The Labute approximate surface area is 118 Å². The van der Waals surface area contributed by atoms with Crippen molar-refractivity contribution in [2.24, 2.45) is 0 Å².